The highest BCUT2D eigenvalue weighted by Gasteiger charge is 2.37. The topological polar surface area (TPSA) is 132 Å². The molecule has 1 fully saturated rings. The van der Waals surface area contributed by atoms with Crippen LogP contribution in [0.2, 0.25) is 0 Å². The van der Waals surface area contributed by atoms with Crippen LogP contribution in [-0.2, 0) is 19.4 Å². The van der Waals surface area contributed by atoms with Crippen molar-refractivity contribution in [2.45, 2.75) is 48.5 Å². The van der Waals surface area contributed by atoms with Crippen LogP contribution >= 0.6 is 0 Å². The monoisotopic (exact) mass is 546 g/mol. The van der Waals surface area contributed by atoms with Gasteiger partial charge in [-0.2, -0.15) is 0 Å². The number of benzene rings is 2. The summed E-state index contributed by atoms with van der Waals surface area (Å²) in [5, 5.41) is 11.3. The molecule has 9 nitrogen and oxygen atoms in total. The maximum Gasteiger partial charge on any atom is 0.347 e. The van der Waals surface area contributed by atoms with E-state index in [-0.39, 0.29) is 22.0 Å². The smallest absolute Gasteiger partial charge is 0.347 e. The van der Waals surface area contributed by atoms with E-state index in [4.69, 9.17) is 9.47 Å². The standard InChI is InChI=1S/C26H24F2N2O7S/c1-26(2,25(32)33)37-17-6-12-22(29-14-17)30-24(31)23(36-21-11-5-16(27)13-20(21)28)15-3-7-18(8-4-15)38(34,35)19-9-10-19/h3-8,11-14,19,23H,9-10H2,1-2H3,(H,32,33)(H,29,30,31). The molecule has 1 aliphatic carbocycles. The summed E-state index contributed by atoms with van der Waals surface area (Å²) in [6.45, 7) is 2.73. The lowest BCUT2D eigenvalue weighted by molar-refractivity contribution is -0.152. The number of anilines is 1. The second kappa shape index (κ2) is 10.4. The van der Waals surface area contributed by atoms with Gasteiger partial charge in [0, 0.05) is 11.6 Å². The summed E-state index contributed by atoms with van der Waals surface area (Å²) in [5.74, 6) is -4.02. The predicted octanol–water partition coefficient (Wildman–Crippen LogP) is 4.30. The highest BCUT2D eigenvalue weighted by atomic mass is 32.2. The molecule has 200 valence electrons. The van der Waals surface area contributed by atoms with E-state index in [0.717, 1.165) is 12.1 Å². The SMILES string of the molecule is CC(C)(Oc1ccc(NC(=O)C(Oc2ccc(F)cc2F)c2ccc(S(=O)(=O)C3CC3)cc2)nc1)C(=O)O. The third-order valence-corrected chi connectivity index (χ3v) is 8.01. The van der Waals surface area contributed by atoms with Crippen molar-refractivity contribution in [2.75, 3.05) is 5.32 Å². The van der Waals surface area contributed by atoms with Crippen molar-refractivity contribution in [3.05, 3.63) is 78.0 Å². The van der Waals surface area contributed by atoms with Crippen LogP contribution in [0.4, 0.5) is 14.6 Å². The van der Waals surface area contributed by atoms with Gasteiger partial charge < -0.3 is 19.9 Å². The summed E-state index contributed by atoms with van der Waals surface area (Å²) in [6, 6.07) is 10.9. The number of carboxylic acids is 1. The van der Waals surface area contributed by atoms with Crippen LogP contribution in [0.3, 0.4) is 0 Å². The Balaban J connectivity index is 1.58. The lowest BCUT2D eigenvalue weighted by atomic mass is 10.1. The molecule has 1 amide bonds. The minimum Gasteiger partial charge on any atom is -0.478 e. The first-order valence-electron chi connectivity index (χ1n) is 11.5. The van der Waals surface area contributed by atoms with Gasteiger partial charge in [-0.3, -0.25) is 4.79 Å². The molecule has 1 atom stereocenters. The van der Waals surface area contributed by atoms with E-state index in [2.05, 4.69) is 10.3 Å². The van der Waals surface area contributed by atoms with Gasteiger partial charge in [0.1, 0.15) is 17.4 Å². The van der Waals surface area contributed by atoms with E-state index in [9.17, 15) is 31.9 Å². The first kappa shape index (κ1) is 27.0. The molecule has 0 bridgehead atoms. The molecule has 3 aromatic rings. The largest absolute Gasteiger partial charge is 0.478 e. The fourth-order valence-corrected chi connectivity index (χ4v) is 5.08. The average Bonchev–Trinajstić information content (AvgIpc) is 3.71. The van der Waals surface area contributed by atoms with Gasteiger partial charge in [0.2, 0.25) is 6.10 Å². The number of carbonyl (C=O) groups is 2. The number of sulfone groups is 1. The molecule has 0 spiro atoms. The number of carbonyl (C=O) groups excluding carboxylic acids is 1. The third-order valence-electron chi connectivity index (χ3n) is 5.73. The lowest BCUT2D eigenvalue weighted by Gasteiger charge is -2.21. The Labute approximate surface area is 217 Å². The Morgan fingerprint density at radius 2 is 1.76 bits per heavy atom. The van der Waals surface area contributed by atoms with E-state index in [1.165, 1.54) is 56.4 Å². The van der Waals surface area contributed by atoms with Gasteiger partial charge in [-0.15, -0.1) is 0 Å². The predicted molar refractivity (Wildman–Crippen MR) is 132 cm³/mol. The summed E-state index contributed by atoms with van der Waals surface area (Å²) in [7, 11) is -3.47. The number of amides is 1. The number of hydrogen-bond donors (Lipinski definition) is 2. The molecule has 12 heteroatoms. The maximum atomic E-state index is 14.3. The Morgan fingerprint density at radius 3 is 2.32 bits per heavy atom. The number of nitrogens with zero attached hydrogens (tertiary/aromatic N) is 1. The van der Waals surface area contributed by atoms with Crippen molar-refractivity contribution >= 4 is 27.5 Å². The van der Waals surface area contributed by atoms with E-state index in [0.29, 0.717) is 18.9 Å². The number of rotatable bonds is 10. The number of carboxylic acid groups (broad SMARTS) is 1. The second-order valence-corrected chi connectivity index (χ2v) is 11.4. The van der Waals surface area contributed by atoms with Gasteiger partial charge in [0.15, 0.2) is 27.0 Å². The normalized spacial score (nSPS) is 14.4. The van der Waals surface area contributed by atoms with Crippen LogP contribution in [0.15, 0.2) is 65.7 Å². The summed E-state index contributed by atoms with van der Waals surface area (Å²) in [6.07, 6.45) is 0.934. The highest BCUT2D eigenvalue weighted by Crippen LogP contribution is 2.34. The van der Waals surface area contributed by atoms with Crippen LogP contribution < -0.4 is 14.8 Å². The molecule has 4 rings (SSSR count). The van der Waals surface area contributed by atoms with Crippen molar-refractivity contribution in [2.24, 2.45) is 0 Å². The minimum atomic E-state index is -3.47. The van der Waals surface area contributed by atoms with Gasteiger partial charge in [-0.1, -0.05) is 12.1 Å². The molecule has 1 saturated carbocycles. The number of aromatic nitrogens is 1. The molecule has 1 unspecified atom stereocenters. The Hall–Kier alpha value is -4.06. The molecule has 0 saturated heterocycles. The molecule has 1 aliphatic rings. The van der Waals surface area contributed by atoms with Crippen molar-refractivity contribution < 1.29 is 41.4 Å². The summed E-state index contributed by atoms with van der Waals surface area (Å²) < 4.78 is 63.7. The van der Waals surface area contributed by atoms with Gasteiger partial charge in [-0.25, -0.2) is 27.0 Å². The molecule has 1 aromatic heterocycles. The van der Waals surface area contributed by atoms with Crippen molar-refractivity contribution in [1.29, 1.82) is 0 Å². The molecule has 0 aliphatic heterocycles. The van der Waals surface area contributed by atoms with Crippen LogP contribution in [0.25, 0.3) is 0 Å². The molecular weight excluding hydrogens is 522 g/mol. The van der Waals surface area contributed by atoms with Crippen molar-refractivity contribution in [3.8, 4) is 11.5 Å². The first-order valence-corrected chi connectivity index (χ1v) is 13.1. The maximum absolute atomic E-state index is 14.3. The second-order valence-electron chi connectivity index (χ2n) is 9.17. The summed E-state index contributed by atoms with van der Waals surface area (Å²) >= 11 is 0. The van der Waals surface area contributed by atoms with E-state index < -0.39 is 56.1 Å². The number of aliphatic carboxylic acids is 1. The number of nitrogens with one attached hydrogen (secondary N) is 1. The van der Waals surface area contributed by atoms with Crippen molar-refractivity contribution in [3.63, 3.8) is 0 Å². The fourth-order valence-electron chi connectivity index (χ4n) is 3.42. The third kappa shape index (κ3) is 6.08. The number of halogens is 2. The highest BCUT2D eigenvalue weighted by molar-refractivity contribution is 7.92. The zero-order valence-electron chi connectivity index (χ0n) is 20.4. The van der Waals surface area contributed by atoms with E-state index in [1.807, 2.05) is 0 Å². The lowest BCUT2D eigenvalue weighted by Crippen LogP contribution is -2.37. The fraction of sp³-hybridized carbons (Fsp3) is 0.269. The molecule has 0 radical (unpaired) electrons. The van der Waals surface area contributed by atoms with Gasteiger partial charge in [-0.05, 0) is 63.1 Å². The zero-order valence-corrected chi connectivity index (χ0v) is 21.2. The summed E-state index contributed by atoms with van der Waals surface area (Å²) in [5.41, 5.74) is -1.30. The number of hydrogen-bond acceptors (Lipinski definition) is 7. The molecule has 1 heterocycles. The van der Waals surface area contributed by atoms with Crippen LogP contribution in [0.5, 0.6) is 11.5 Å². The summed E-state index contributed by atoms with van der Waals surface area (Å²) in [4.78, 5) is 28.6. The average molecular weight is 547 g/mol. The van der Waals surface area contributed by atoms with Gasteiger partial charge in [0.05, 0.1) is 16.3 Å². The van der Waals surface area contributed by atoms with Gasteiger partial charge in [0.25, 0.3) is 5.91 Å². The molecular formula is C26H24F2N2O7S. The van der Waals surface area contributed by atoms with E-state index in [1.54, 1.807) is 0 Å². The van der Waals surface area contributed by atoms with Crippen LogP contribution in [0.1, 0.15) is 38.4 Å². The Kier molecular flexibility index (Phi) is 7.36. The number of ether oxygens (including phenoxy) is 2. The Bertz CT molecular complexity index is 1460. The molecule has 2 N–H and O–H groups in total. The van der Waals surface area contributed by atoms with Crippen molar-refractivity contribution in [1.82, 2.24) is 4.98 Å². The van der Waals surface area contributed by atoms with Gasteiger partial charge >= 0.3 is 5.97 Å². The minimum absolute atomic E-state index is 0.0524. The van der Waals surface area contributed by atoms with Crippen LogP contribution in [-0.4, -0.2) is 41.2 Å². The Morgan fingerprint density at radius 1 is 1.08 bits per heavy atom. The van der Waals surface area contributed by atoms with Crippen LogP contribution in [0, 0.1) is 11.6 Å². The zero-order chi connectivity index (χ0) is 27.7. The molecule has 2 aromatic carbocycles. The number of pyridine rings is 1. The van der Waals surface area contributed by atoms with E-state index >= 15 is 0 Å². The molecule has 38 heavy (non-hydrogen) atoms. The quantitative estimate of drug-likeness (QED) is 0.385. The first-order chi connectivity index (χ1) is 17.9.